The minimum absolute atomic E-state index is 0.0661. The summed E-state index contributed by atoms with van der Waals surface area (Å²) in [7, 11) is -3.61. The Labute approximate surface area is 155 Å². The maximum atomic E-state index is 12.3. The van der Waals surface area contributed by atoms with E-state index >= 15 is 0 Å². The van der Waals surface area contributed by atoms with Crippen LogP contribution in [0.4, 0.5) is 4.79 Å². The lowest BCUT2D eigenvalue weighted by Gasteiger charge is -2.25. The molecule has 0 aromatic heterocycles. The van der Waals surface area contributed by atoms with Gasteiger partial charge >= 0.3 is 16.1 Å². The third kappa shape index (κ3) is 5.88. The zero-order chi connectivity index (χ0) is 19.2. The first-order valence-electron chi connectivity index (χ1n) is 8.98. The zero-order valence-corrected chi connectivity index (χ0v) is 16.4. The van der Waals surface area contributed by atoms with Gasteiger partial charge in [-0.15, -0.1) is 0 Å². The van der Waals surface area contributed by atoms with Crippen LogP contribution in [0.25, 0.3) is 0 Å². The van der Waals surface area contributed by atoms with Gasteiger partial charge in [-0.1, -0.05) is 12.1 Å². The molecule has 0 spiro atoms. The summed E-state index contributed by atoms with van der Waals surface area (Å²) in [4.78, 5) is 14.0. The maximum Gasteiger partial charge on any atom is 0.317 e. The van der Waals surface area contributed by atoms with Gasteiger partial charge in [-0.25, -0.2) is 4.79 Å². The van der Waals surface area contributed by atoms with Crippen LogP contribution in [0.1, 0.15) is 39.2 Å². The molecular formula is C18H28N2O5S. The molecule has 0 saturated carbocycles. The Balaban J connectivity index is 2.03. The van der Waals surface area contributed by atoms with Crippen molar-refractivity contribution in [1.82, 2.24) is 10.2 Å². The van der Waals surface area contributed by atoms with Crippen molar-refractivity contribution in [2.24, 2.45) is 0 Å². The SMILES string of the molecule is CCNC(=O)N(Cc1ccc(OS(=O)(=O)C(C)C)cc1)C[C@@H]1CCCO1. The van der Waals surface area contributed by atoms with Crippen LogP contribution in [-0.2, 0) is 21.4 Å². The summed E-state index contributed by atoms with van der Waals surface area (Å²) in [6.45, 7) is 7.27. The molecule has 146 valence electrons. The minimum Gasteiger partial charge on any atom is -0.382 e. The number of urea groups is 1. The normalized spacial score (nSPS) is 17.3. The molecule has 1 saturated heterocycles. The highest BCUT2D eigenvalue weighted by Crippen LogP contribution is 2.19. The summed E-state index contributed by atoms with van der Waals surface area (Å²) in [5.74, 6) is 0.270. The number of hydrogen-bond acceptors (Lipinski definition) is 5. The highest BCUT2D eigenvalue weighted by molar-refractivity contribution is 7.87. The predicted octanol–water partition coefficient (Wildman–Crippen LogP) is 2.51. The number of nitrogens with zero attached hydrogens (tertiary/aromatic N) is 1. The van der Waals surface area contributed by atoms with E-state index in [0.29, 0.717) is 19.6 Å². The topological polar surface area (TPSA) is 84.9 Å². The van der Waals surface area contributed by atoms with Gasteiger partial charge in [0.15, 0.2) is 0 Å². The first-order chi connectivity index (χ1) is 12.3. The Kier molecular flexibility index (Phi) is 7.28. The van der Waals surface area contributed by atoms with E-state index in [1.165, 1.54) is 0 Å². The van der Waals surface area contributed by atoms with Crippen LogP contribution < -0.4 is 9.50 Å². The molecule has 1 aliphatic rings. The fraction of sp³-hybridized carbons (Fsp3) is 0.611. The Morgan fingerprint density at radius 1 is 1.35 bits per heavy atom. The van der Waals surface area contributed by atoms with Gasteiger partial charge in [0, 0.05) is 26.2 Å². The molecule has 1 fully saturated rings. The molecule has 0 aliphatic carbocycles. The van der Waals surface area contributed by atoms with Crippen molar-refractivity contribution in [2.75, 3.05) is 19.7 Å². The summed E-state index contributed by atoms with van der Waals surface area (Å²) in [6.07, 6.45) is 2.04. The Bertz CT molecular complexity index is 682. The first-order valence-corrected chi connectivity index (χ1v) is 10.5. The number of ether oxygens (including phenoxy) is 1. The molecule has 1 aromatic rings. The van der Waals surface area contributed by atoms with E-state index in [9.17, 15) is 13.2 Å². The molecule has 8 heteroatoms. The Hall–Kier alpha value is -1.80. The summed E-state index contributed by atoms with van der Waals surface area (Å²) in [5.41, 5.74) is 0.892. The van der Waals surface area contributed by atoms with Crippen molar-refractivity contribution < 1.29 is 22.1 Å². The number of nitrogens with one attached hydrogen (secondary N) is 1. The van der Waals surface area contributed by atoms with Crippen molar-refractivity contribution in [3.05, 3.63) is 29.8 Å². The van der Waals surface area contributed by atoms with E-state index in [0.717, 1.165) is 25.0 Å². The Morgan fingerprint density at radius 3 is 2.58 bits per heavy atom. The number of carbonyl (C=O) groups excluding carboxylic acids is 1. The molecule has 0 bridgehead atoms. The van der Waals surface area contributed by atoms with Gasteiger partial charge in [-0.3, -0.25) is 0 Å². The summed E-state index contributed by atoms with van der Waals surface area (Å²) in [5, 5.41) is 2.21. The van der Waals surface area contributed by atoms with Crippen molar-refractivity contribution in [3.63, 3.8) is 0 Å². The van der Waals surface area contributed by atoms with Crippen LogP contribution in [0.3, 0.4) is 0 Å². The molecule has 1 aliphatic heterocycles. The largest absolute Gasteiger partial charge is 0.382 e. The fourth-order valence-corrected chi connectivity index (χ4v) is 3.19. The van der Waals surface area contributed by atoms with E-state index in [-0.39, 0.29) is 17.9 Å². The molecule has 0 radical (unpaired) electrons. The minimum atomic E-state index is -3.61. The summed E-state index contributed by atoms with van der Waals surface area (Å²) >= 11 is 0. The van der Waals surface area contributed by atoms with Gasteiger partial charge in [0.05, 0.1) is 11.4 Å². The van der Waals surface area contributed by atoms with Gasteiger partial charge < -0.3 is 19.1 Å². The lowest BCUT2D eigenvalue weighted by atomic mass is 10.2. The maximum absolute atomic E-state index is 12.3. The molecule has 7 nitrogen and oxygen atoms in total. The first kappa shape index (κ1) is 20.5. The molecule has 0 unspecified atom stereocenters. The third-order valence-electron chi connectivity index (χ3n) is 4.15. The van der Waals surface area contributed by atoms with Crippen LogP contribution >= 0.6 is 0 Å². The monoisotopic (exact) mass is 384 g/mol. The van der Waals surface area contributed by atoms with Gasteiger partial charge in [0.2, 0.25) is 0 Å². The summed E-state index contributed by atoms with van der Waals surface area (Å²) < 4.78 is 34.4. The number of hydrogen-bond donors (Lipinski definition) is 1. The number of rotatable bonds is 8. The van der Waals surface area contributed by atoms with Crippen LogP contribution in [0, 0.1) is 0 Å². The number of benzene rings is 1. The second-order valence-corrected chi connectivity index (χ2v) is 8.71. The predicted molar refractivity (Wildman–Crippen MR) is 99.6 cm³/mol. The van der Waals surface area contributed by atoms with Gasteiger partial charge in [-0.05, 0) is 51.3 Å². The fourth-order valence-electron chi connectivity index (χ4n) is 2.62. The second kappa shape index (κ2) is 9.23. The van der Waals surface area contributed by atoms with Crippen LogP contribution in [0.15, 0.2) is 24.3 Å². The number of carbonyl (C=O) groups is 1. The lowest BCUT2D eigenvalue weighted by Crippen LogP contribution is -2.43. The number of amides is 2. The van der Waals surface area contributed by atoms with Crippen molar-refractivity contribution in [3.8, 4) is 5.75 Å². The van der Waals surface area contributed by atoms with E-state index in [1.807, 2.05) is 6.92 Å². The van der Waals surface area contributed by atoms with Gasteiger partial charge in [-0.2, -0.15) is 8.42 Å². The lowest BCUT2D eigenvalue weighted by molar-refractivity contribution is 0.0796. The quantitative estimate of drug-likeness (QED) is 0.696. The van der Waals surface area contributed by atoms with Crippen LogP contribution in [-0.4, -0.2) is 50.4 Å². The molecule has 26 heavy (non-hydrogen) atoms. The van der Waals surface area contributed by atoms with Crippen molar-refractivity contribution in [1.29, 1.82) is 0 Å². The second-order valence-electron chi connectivity index (χ2n) is 6.62. The molecular weight excluding hydrogens is 356 g/mol. The molecule has 1 aromatic carbocycles. The van der Waals surface area contributed by atoms with Crippen molar-refractivity contribution in [2.45, 2.75) is 51.5 Å². The molecule has 1 N–H and O–H groups in total. The van der Waals surface area contributed by atoms with Crippen molar-refractivity contribution >= 4 is 16.1 Å². The standard InChI is InChI=1S/C18H28N2O5S/c1-4-19-18(21)20(13-17-6-5-11-24-17)12-15-7-9-16(10-8-15)25-26(22,23)14(2)3/h7-10,14,17H,4-6,11-13H2,1-3H3,(H,19,21)/t17-/m0/s1. The smallest absolute Gasteiger partial charge is 0.317 e. The molecule has 1 atom stereocenters. The van der Waals surface area contributed by atoms with E-state index < -0.39 is 15.4 Å². The van der Waals surface area contributed by atoms with Gasteiger partial charge in [0.25, 0.3) is 0 Å². The van der Waals surface area contributed by atoms with Gasteiger partial charge in [0.1, 0.15) is 5.75 Å². The molecule has 2 rings (SSSR count). The average molecular weight is 384 g/mol. The van der Waals surface area contributed by atoms with E-state index in [4.69, 9.17) is 8.92 Å². The zero-order valence-electron chi connectivity index (χ0n) is 15.6. The third-order valence-corrected chi connectivity index (χ3v) is 5.73. The van der Waals surface area contributed by atoms with Crippen LogP contribution in [0.2, 0.25) is 0 Å². The highest BCUT2D eigenvalue weighted by Gasteiger charge is 2.23. The van der Waals surface area contributed by atoms with E-state index in [2.05, 4.69) is 5.32 Å². The highest BCUT2D eigenvalue weighted by atomic mass is 32.2. The van der Waals surface area contributed by atoms with E-state index in [1.54, 1.807) is 43.0 Å². The average Bonchev–Trinajstić information content (AvgIpc) is 3.09. The molecule has 2 amide bonds. The summed E-state index contributed by atoms with van der Waals surface area (Å²) in [6, 6.07) is 6.62. The van der Waals surface area contributed by atoms with Crippen LogP contribution in [0.5, 0.6) is 5.75 Å². The molecule has 1 heterocycles. The Morgan fingerprint density at radius 2 is 2.04 bits per heavy atom.